The smallest absolute Gasteiger partial charge is 0.310 e. The van der Waals surface area contributed by atoms with E-state index in [1.807, 2.05) is 6.08 Å². The molecule has 0 aromatic carbocycles. The molecule has 0 heterocycles. The minimum atomic E-state index is -0.0979. The largest absolute Gasteiger partial charge is 0.431 e. The molecule has 0 aliphatic heterocycles. The Labute approximate surface area is 91.4 Å². The first-order valence-electron chi connectivity index (χ1n) is 5.71. The van der Waals surface area contributed by atoms with Crippen LogP contribution in [0.25, 0.3) is 0 Å². The van der Waals surface area contributed by atoms with Gasteiger partial charge in [0.05, 0.1) is 0 Å². The van der Waals surface area contributed by atoms with E-state index in [1.165, 1.54) is 6.42 Å². The van der Waals surface area contributed by atoms with Gasteiger partial charge in [-0.15, -0.1) is 0 Å². The summed E-state index contributed by atoms with van der Waals surface area (Å²) in [6, 6.07) is 0. The summed E-state index contributed by atoms with van der Waals surface area (Å²) in [6.45, 7) is 0.718. The fraction of sp³-hybridized carbons (Fsp3) is 0.750. The minimum Gasteiger partial charge on any atom is -0.431 e. The van der Waals surface area contributed by atoms with Crippen LogP contribution in [-0.4, -0.2) is 19.7 Å². The van der Waals surface area contributed by atoms with Crippen molar-refractivity contribution in [2.75, 3.05) is 13.7 Å². The first kappa shape index (κ1) is 12.2. The predicted octanol–water partition coefficient (Wildman–Crippen LogP) is 2.80. The summed E-state index contributed by atoms with van der Waals surface area (Å²) in [6.07, 6.45) is 8.63. The Balaban J connectivity index is 2.09. The molecule has 0 saturated heterocycles. The van der Waals surface area contributed by atoms with Crippen LogP contribution < -0.4 is 0 Å². The van der Waals surface area contributed by atoms with E-state index in [1.54, 1.807) is 7.11 Å². The Morgan fingerprint density at radius 3 is 2.93 bits per heavy atom. The SMILES string of the molecule is COCCCCC(=O)OC1=CCCCC1. The lowest BCUT2D eigenvalue weighted by molar-refractivity contribution is -0.140. The van der Waals surface area contributed by atoms with Gasteiger partial charge in [0.15, 0.2) is 0 Å². The van der Waals surface area contributed by atoms with Crippen molar-refractivity contribution < 1.29 is 14.3 Å². The molecule has 0 fully saturated rings. The normalized spacial score (nSPS) is 15.9. The molecule has 0 amide bonds. The third-order valence-electron chi connectivity index (χ3n) is 2.47. The fourth-order valence-corrected chi connectivity index (χ4v) is 1.61. The maximum absolute atomic E-state index is 11.4. The van der Waals surface area contributed by atoms with Crippen molar-refractivity contribution in [3.05, 3.63) is 11.8 Å². The fourth-order valence-electron chi connectivity index (χ4n) is 1.61. The molecular formula is C12H20O3. The van der Waals surface area contributed by atoms with Crippen LogP contribution in [0.1, 0.15) is 44.9 Å². The minimum absolute atomic E-state index is 0.0979. The van der Waals surface area contributed by atoms with Crippen LogP contribution in [0.2, 0.25) is 0 Å². The zero-order valence-electron chi connectivity index (χ0n) is 9.46. The third kappa shape index (κ3) is 5.57. The Kier molecular flexibility index (Phi) is 6.09. The van der Waals surface area contributed by atoms with Gasteiger partial charge in [-0.3, -0.25) is 4.79 Å². The van der Waals surface area contributed by atoms with E-state index < -0.39 is 0 Å². The number of carbonyl (C=O) groups excluding carboxylic acids is 1. The molecule has 3 nitrogen and oxygen atoms in total. The zero-order chi connectivity index (χ0) is 10.9. The number of ether oxygens (including phenoxy) is 2. The van der Waals surface area contributed by atoms with Gasteiger partial charge in [-0.05, 0) is 38.2 Å². The molecule has 1 aliphatic carbocycles. The first-order chi connectivity index (χ1) is 7.33. The van der Waals surface area contributed by atoms with Gasteiger partial charge >= 0.3 is 5.97 Å². The second-order valence-corrected chi connectivity index (χ2v) is 3.84. The molecule has 0 radical (unpaired) electrons. The highest BCUT2D eigenvalue weighted by Crippen LogP contribution is 2.18. The summed E-state index contributed by atoms with van der Waals surface area (Å²) in [5, 5.41) is 0. The number of esters is 1. The Morgan fingerprint density at radius 2 is 2.27 bits per heavy atom. The molecule has 0 bridgehead atoms. The van der Waals surface area contributed by atoms with Crippen molar-refractivity contribution in [1.29, 1.82) is 0 Å². The number of allylic oxidation sites excluding steroid dienone is 2. The van der Waals surface area contributed by atoms with Gasteiger partial charge in [0, 0.05) is 26.6 Å². The number of methoxy groups -OCH3 is 1. The topological polar surface area (TPSA) is 35.5 Å². The van der Waals surface area contributed by atoms with E-state index in [2.05, 4.69) is 0 Å². The number of carbonyl (C=O) groups is 1. The lowest BCUT2D eigenvalue weighted by atomic mass is 10.1. The van der Waals surface area contributed by atoms with Crippen molar-refractivity contribution >= 4 is 5.97 Å². The van der Waals surface area contributed by atoms with E-state index in [0.717, 1.165) is 44.5 Å². The maximum Gasteiger partial charge on any atom is 0.310 e. The maximum atomic E-state index is 11.4. The first-order valence-corrected chi connectivity index (χ1v) is 5.71. The second kappa shape index (κ2) is 7.46. The number of hydrogen-bond acceptors (Lipinski definition) is 3. The van der Waals surface area contributed by atoms with Gasteiger partial charge < -0.3 is 9.47 Å². The molecule has 0 unspecified atom stereocenters. The molecule has 0 N–H and O–H groups in total. The van der Waals surface area contributed by atoms with Crippen LogP contribution >= 0.6 is 0 Å². The quantitative estimate of drug-likeness (QED) is 0.501. The molecule has 0 aromatic heterocycles. The van der Waals surface area contributed by atoms with Crippen LogP contribution in [0.15, 0.2) is 11.8 Å². The molecule has 15 heavy (non-hydrogen) atoms. The summed E-state index contributed by atoms with van der Waals surface area (Å²) >= 11 is 0. The summed E-state index contributed by atoms with van der Waals surface area (Å²) in [5.41, 5.74) is 0. The predicted molar refractivity (Wildman–Crippen MR) is 58.4 cm³/mol. The van der Waals surface area contributed by atoms with Gasteiger partial charge in [0.2, 0.25) is 0 Å². The lowest BCUT2D eigenvalue weighted by Crippen LogP contribution is -2.06. The van der Waals surface area contributed by atoms with Crippen molar-refractivity contribution in [1.82, 2.24) is 0 Å². The van der Waals surface area contributed by atoms with E-state index in [4.69, 9.17) is 9.47 Å². The van der Waals surface area contributed by atoms with Crippen molar-refractivity contribution in [3.63, 3.8) is 0 Å². The summed E-state index contributed by atoms with van der Waals surface area (Å²) in [5.74, 6) is 0.775. The molecular weight excluding hydrogens is 192 g/mol. The number of hydrogen-bond donors (Lipinski definition) is 0. The average Bonchev–Trinajstić information content (AvgIpc) is 2.26. The van der Waals surface area contributed by atoms with E-state index in [9.17, 15) is 4.79 Å². The number of unbranched alkanes of at least 4 members (excludes halogenated alkanes) is 1. The van der Waals surface area contributed by atoms with Crippen LogP contribution in [-0.2, 0) is 14.3 Å². The molecule has 1 rings (SSSR count). The Morgan fingerprint density at radius 1 is 1.40 bits per heavy atom. The summed E-state index contributed by atoms with van der Waals surface area (Å²) < 4.78 is 10.2. The van der Waals surface area contributed by atoms with Crippen LogP contribution in [0, 0.1) is 0 Å². The molecule has 1 aliphatic rings. The average molecular weight is 212 g/mol. The van der Waals surface area contributed by atoms with Gasteiger partial charge in [-0.25, -0.2) is 0 Å². The van der Waals surface area contributed by atoms with Crippen LogP contribution in [0.5, 0.6) is 0 Å². The van der Waals surface area contributed by atoms with Crippen molar-refractivity contribution in [3.8, 4) is 0 Å². The summed E-state index contributed by atoms with van der Waals surface area (Å²) in [7, 11) is 1.67. The molecule has 0 saturated carbocycles. The van der Waals surface area contributed by atoms with Gasteiger partial charge in [-0.2, -0.15) is 0 Å². The second-order valence-electron chi connectivity index (χ2n) is 3.84. The van der Waals surface area contributed by atoms with Crippen molar-refractivity contribution in [2.45, 2.75) is 44.9 Å². The molecule has 0 aromatic rings. The van der Waals surface area contributed by atoms with Crippen molar-refractivity contribution in [2.24, 2.45) is 0 Å². The van der Waals surface area contributed by atoms with Gasteiger partial charge in [-0.1, -0.05) is 0 Å². The molecule has 86 valence electrons. The standard InChI is InChI=1S/C12H20O3/c1-14-10-6-5-9-12(13)15-11-7-3-2-4-8-11/h7H,2-6,8-10H2,1H3. The summed E-state index contributed by atoms with van der Waals surface area (Å²) in [4.78, 5) is 11.4. The number of rotatable bonds is 6. The van der Waals surface area contributed by atoms with Gasteiger partial charge in [0.1, 0.15) is 5.76 Å². The van der Waals surface area contributed by atoms with E-state index >= 15 is 0 Å². The van der Waals surface area contributed by atoms with E-state index in [-0.39, 0.29) is 5.97 Å². The monoisotopic (exact) mass is 212 g/mol. The third-order valence-corrected chi connectivity index (χ3v) is 2.47. The van der Waals surface area contributed by atoms with E-state index in [0.29, 0.717) is 6.42 Å². The highest BCUT2D eigenvalue weighted by atomic mass is 16.5. The van der Waals surface area contributed by atoms with Gasteiger partial charge in [0.25, 0.3) is 0 Å². The van der Waals surface area contributed by atoms with Crippen LogP contribution in [0.3, 0.4) is 0 Å². The zero-order valence-corrected chi connectivity index (χ0v) is 9.46. The van der Waals surface area contributed by atoms with Crippen LogP contribution in [0.4, 0.5) is 0 Å². The lowest BCUT2D eigenvalue weighted by Gasteiger charge is -2.12. The highest BCUT2D eigenvalue weighted by molar-refractivity contribution is 5.70. The highest BCUT2D eigenvalue weighted by Gasteiger charge is 2.09. The molecule has 0 spiro atoms. The molecule has 3 heteroatoms. The Bertz CT molecular complexity index is 221. The molecule has 0 atom stereocenters. The Hall–Kier alpha value is -0.830.